The molecule has 0 radical (unpaired) electrons. The molecule has 1 aliphatic rings. The number of ether oxygens (including phenoxy) is 1. The summed E-state index contributed by atoms with van der Waals surface area (Å²) in [6.45, 7) is 6.98. The second-order valence-electron chi connectivity index (χ2n) is 4.48. The molecule has 0 spiro atoms. The Morgan fingerprint density at radius 3 is 2.47 bits per heavy atom. The first-order valence-corrected chi connectivity index (χ1v) is 5.29. The third-order valence-electron chi connectivity index (χ3n) is 3.16. The fourth-order valence-corrected chi connectivity index (χ4v) is 1.93. The zero-order chi connectivity index (χ0) is 10.9. The number of rotatable bonds is 2. The lowest BCUT2D eigenvalue weighted by atomic mass is 9.92. The summed E-state index contributed by atoms with van der Waals surface area (Å²) in [5.74, 6) is 0. The van der Waals surface area contributed by atoms with Gasteiger partial charge in [-0.2, -0.15) is 0 Å². The minimum atomic E-state index is 0.0181. The minimum absolute atomic E-state index is 0.0181. The molecule has 3 heteroatoms. The fourth-order valence-electron chi connectivity index (χ4n) is 1.93. The standard InChI is InChI=1S/C12H18N2O/c1-12(2,14-7-8-15-9-14)10-3-5-11(13)6-4-10/h3-6H,7-9,13H2,1-2H3. The van der Waals surface area contributed by atoms with Gasteiger partial charge in [0.25, 0.3) is 0 Å². The predicted octanol–water partition coefficient (Wildman–Crippen LogP) is 1.79. The number of nitrogens with zero attached hydrogens (tertiary/aromatic N) is 1. The average Bonchev–Trinajstić information content (AvgIpc) is 2.71. The Morgan fingerprint density at radius 2 is 1.93 bits per heavy atom. The molecule has 2 N–H and O–H groups in total. The van der Waals surface area contributed by atoms with E-state index in [0.29, 0.717) is 0 Å². The highest BCUT2D eigenvalue weighted by Gasteiger charge is 2.30. The molecule has 1 fully saturated rings. The molecule has 15 heavy (non-hydrogen) atoms. The quantitative estimate of drug-likeness (QED) is 0.750. The number of nitrogen functional groups attached to an aromatic ring is 1. The SMILES string of the molecule is CC(C)(c1ccc(N)cc1)N1CCOC1. The Labute approximate surface area is 90.8 Å². The van der Waals surface area contributed by atoms with E-state index in [9.17, 15) is 0 Å². The molecule has 1 heterocycles. The van der Waals surface area contributed by atoms with Crippen molar-refractivity contribution in [1.82, 2.24) is 4.90 Å². The molecule has 3 nitrogen and oxygen atoms in total. The number of hydrogen-bond acceptors (Lipinski definition) is 3. The molecule has 82 valence electrons. The normalized spacial score (nSPS) is 18.3. The highest BCUT2D eigenvalue weighted by Crippen LogP contribution is 2.29. The van der Waals surface area contributed by atoms with Gasteiger partial charge in [-0.3, -0.25) is 4.90 Å². The molecule has 0 unspecified atom stereocenters. The Hall–Kier alpha value is -1.06. The molecule has 1 saturated heterocycles. The molecule has 1 aromatic rings. The summed E-state index contributed by atoms with van der Waals surface area (Å²) in [5.41, 5.74) is 7.80. The predicted molar refractivity (Wildman–Crippen MR) is 61.4 cm³/mol. The van der Waals surface area contributed by atoms with Crippen molar-refractivity contribution in [3.63, 3.8) is 0 Å². The summed E-state index contributed by atoms with van der Waals surface area (Å²) in [6.07, 6.45) is 0. The van der Waals surface area contributed by atoms with E-state index in [0.717, 1.165) is 25.6 Å². The van der Waals surface area contributed by atoms with Crippen LogP contribution in [0.25, 0.3) is 0 Å². The second-order valence-corrected chi connectivity index (χ2v) is 4.48. The lowest BCUT2D eigenvalue weighted by Crippen LogP contribution is -2.39. The van der Waals surface area contributed by atoms with Gasteiger partial charge in [-0.15, -0.1) is 0 Å². The van der Waals surface area contributed by atoms with Crippen LogP contribution < -0.4 is 5.73 Å². The van der Waals surface area contributed by atoms with Gasteiger partial charge in [0.05, 0.1) is 13.3 Å². The molecular weight excluding hydrogens is 188 g/mol. The Bertz CT molecular complexity index is 326. The van der Waals surface area contributed by atoms with Gasteiger partial charge in [-0.25, -0.2) is 0 Å². The molecule has 0 bridgehead atoms. The highest BCUT2D eigenvalue weighted by atomic mass is 16.5. The van der Waals surface area contributed by atoms with Crippen molar-refractivity contribution in [1.29, 1.82) is 0 Å². The maximum absolute atomic E-state index is 5.69. The number of hydrogen-bond donors (Lipinski definition) is 1. The Morgan fingerprint density at radius 1 is 1.27 bits per heavy atom. The fraction of sp³-hybridized carbons (Fsp3) is 0.500. The summed E-state index contributed by atoms with van der Waals surface area (Å²) in [4.78, 5) is 2.33. The van der Waals surface area contributed by atoms with Crippen molar-refractivity contribution in [2.75, 3.05) is 25.6 Å². The van der Waals surface area contributed by atoms with E-state index in [4.69, 9.17) is 10.5 Å². The maximum Gasteiger partial charge on any atom is 0.0998 e. The summed E-state index contributed by atoms with van der Waals surface area (Å²) in [5, 5.41) is 0. The van der Waals surface area contributed by atoms with Gasteiger partial charge in [0.1, 0.15) is 0 Å². The molecule has 0 atom stereocenters. The van der Waals surface area contributed by atoms with Gasteiger partial charge in [0.15, 0.2) is 0 Å². The zero-order valence-electron chi connectivity index (χ0n) is 9.36. The molecule has 0 saturated carbocycles. The molecule has 0 amide bonds. The van der Waals surface area contributed by atoms with Crippen LogP contribution in [0, 0.1) is 0 Å². The Kier molecular flexibility index (Phi) is 2.67. The first-order chi connectivity index (χ1) is 7.10. The summed E-state index contributed by atoms with van der Waals surface area (Å²) in [7, 11) is 0. The molecular formula is C12H18N2O. The van der Waals surface area contributed by atoms with Crippen LogP contribution in [0.3, 0.4) is 0 Å². The maximum atomic E-state index is 5.69. The van der Waals surface area contributed by atoms with E-state index in [1.165, 1.54) is 5.56 Å². The van der Waals surface area contributed by atoms with Crippen molar-refractivity contribution in [3.8, 4) is 0 Å². The molecule has 0 aromatic heterocycles. The van der Waals surface area contributed by atoms with Crippen LogP contribution in [-0.4, -0.2) is 24.8 Å². The van der Waals surface area contributed by atoms with E-state index in [1.807, 2.05) is 12.1 Å². The lowest BCUT2D eigenvalue weighted by molar-refractivity contribution is 0.0738. The van der Waals surface area contributed by atoms with Crippen LogP contribution in [0.5, 0.6) is 0 Å². The van der Waals surface area contributed by atoms with Crippen molar-refractivity contribution in [2.45, 2.75) is 19.4 Å². The highest BCUT2D eigenvalue weighted by molar-refractivity contribution is 5.41. The first-order valence-electron chi connectivity index (χ1n) is 5.29. The molecule has 2 rings (SSSR count). The van der Waals surface area contributed by atoms with Crippen LogP contribution in [0.4, 0.5) is 5.69 Å². The minimum Gasteiger partial charge on any atom is -0.399 e. The second kappa shape index (κ2) is 3.83. The molecule has 1 aromatic carbocycles. The van der Waals surface area contributed by atoms with E-state index in [1.54, 1.807) is 0 Å². The van der Waals surface area contributed by atoms with Crippen LogP contribution >= 0.6 is 0 Å². The van der Waals surface area contributed by atoms with Gasteiger partial charge in [0.2, 0.25) is 0 Å². The van der Waals surface area contributed by atoms with Crippen LogP contribution in [0.15, 0.2) is 24.3 Å². The first kappa shape index (κ1) is 10.5. The largest absolute Gasteiger partial charge is 0.399 e. The van der Waals surface area contributed by atoms with E-state index in [-0.39, 0.29) is 5.54 Å². The van der Waals surface area contributed by atoms with Gasteiger partial charge in [-0.1, -0.05) is 12.1 Å². The van der Waals surface area contributed by atoms with Crippen LogP contribution in [0.2, 0.25) is 0 Å². The van der Waals surface area contributed by atoms with Gasteiger partial charge in [-0.05, 0) is 31.5 Å². The smallest absolute Gasteiger partial charge is 0.0998 e. The summed E-state index contributed by atoms with van der Waals surface area (Å²) >= 11 is 0. The van der Waals surface area contributed by atoms with E-state index >= 15 is 0 Å². The van der Waals surface area contributed by atoms with E-state index in [2.05, 4.69) is 30.9 Å². The third-order valence-corrected chi connectivity index (χ3v) is 3.16. The third kappa shape index (κ3) is 1.98. The molecule has 0 aliphatic carbocycles. The monoisotopic (exact) mass is 206 g/mol. The van der Waals surface area contributed by atoms with Crippen molar-refractivity contribution in [2.24, 2.45) is 0 Å². The lowest BCUT2D eigenvalue weighted by Gasteiger charge is -2.34. The van der Waals surface area contributed by atoms with Crippen molar-refractivity contribution >= 4 is 5.69 Å². The van der Waals surface area contributed by atoms with Gasteiger partial charge >= 0.3 is 0 Å². The zero-order valence-corrected chi connectivity index (χ0v) is 9.36. The Balaban J connectivity index is 2.23. The number of nitrogens with two attached hydrogens (primary N) is 1. The van der Waals surface area contributed by atoms with E-state index < -0.39 is 0 Å². The van der Waals surface area contributed by atoms with Crippen molar-refractivity contribution in [3.05, 3.63) is 29.8 Å². The molecule has 1 aliphatic heterocycles. The average molecular weight is 206 g/mol. The number of anilines is 1. The van der Waals surface area contributed by atoms with Crippen molar-refractivity contribution < 1.29 is 4.74 Å². The number of benzene rings is 1. The van der Waals surface area contributed by atoms with Crippen LogP contribution in [-0.2, 0) is 10.3 Å². The van der Waals surface area contributed by atoms with Gasteiger partial charge in [0, 0.05) is 17.8 Å². The van der Waals surface area contributed by atoms with Crippen LogP contribution in [0.1, 0.15) is 19.4 Å². The topological polar surface area (TPSA) is 38.5 Å². The summed E-state index contributed by atoms with van der Waals surface area (Å²) in [6, 6.07) is 8.09. The summed E-state index contributed by atoms with van der Waals surface area (Å²) < 4.78 is 5.39. The van der Waals surface area contributed by atoms with Gasteiger partial charge < -0.3 is 10.5 Å².